The van der Waals surface area contributed by atoms with Crippen LogP contribution in [0.15, 0.2) is 30.5 Å². The van der Waals surface area contributed by atoms with Gasteiger partial charge in [-0.2, -0.15) is 0 Å². The molecule has 0 aromatic carbocycles. The highest BCUT2D eigenvalue weighted by molar-refractivity contribution is 6.18. The van der Waals surface area contributed by atoms with E-state index in [1.54, 1.807) is 6.20 Å². The molecule has 0 aliphatic heterocycles. The first-order valence-corrected chi connectivity index (χ1v) is 5.78. The number of nitrogens with zero attached hydrogens (tertiary/aromatic N) is 1. The molecule has 94 valence electrons. The van der Waals surface area contributed by atoms with Crippen molar-refractivity contribution in [2.75, 3.05) is 7.11 Å². The lowest BCUT2D eigenvalue weighted by molar-refractivity contribution is -0.137. The van der Waals surface area contributed by atoms with Gasteiger partial charge in [0.2, 0.25) is 0 Å². The third-order valence-electron chi connectivity index (χ3n) is 3.17. The Morgan fingerprint density at radius 1 is 1.44 bits per heavy atom. The van der Waals surface area contributed by atoms with Crippen LogP contribution in [0.3, 0.4) is 0 Å². The summed E-state index contributed by atoms with van der Waals surface area (Å²) in [4.78, 5) is 27.4. The fourth-order valence-corrected chi connectivity index (χ4v) is 1.96. The molecule has 2 unspecified atom stereocenters. The Labute approximate surface area is 106 Å². The van der Waals surface area contributed by atoms with E-state index in [-0.39, 0.29) is 23.2 Å². The zero-order chi connectivity index (χ0) is 13.3. The van der Waals surface area contributed by atoms with Crippen LogP contribution in [0.25, 0.3) is 0 Å². The quantitative estimate of drug-likeness (QED) is 0.351. The van der Waals surface area contributed by atoms with Gasteiger partial charge in [-0.1, -0.05) is 12.6 Å². The van der Waals surface area contributed by atoms with Crippen molar-refractivity contribution >= 4 is 11.8 Å². The van der Waals surface area contributed by atoms with Crippen molar-refractivity contribution in [3.05, 3.63) is 41.7 Å². The van der Waals surface area contributed by atoms with Crippen LogP contribution in [0, 0.1) is 12.8 Å². The van der Waals surface area contributed by atoms with E-state index in [2.05, 4.69) is 16.3 Å². The van der Waals surface area contributed by atoms with Crippen molar-refractivity contribution in [2.45, 2.75) is 19.3 Å². The predicted octanol–water partition coefficient (Wildman–Crippen LogP) is 1.79. The Kier molecular flexibility index (Phi) is 3.28. The van der Waals surface area contributed by atoms with E-state index in [0.717, 1.165) is 17.7 Å². The summed E-state index contributed by atoms with van der Waals surface area (Å²) in [5, 5.41) is 0. The first-order chi connectivity index (χ1) is 8.54. The molecule has 4 heteroatoms. The number of aryl methyl sites for hydroxylation is 1. The largest absolute Gasteiger partial charge is 0.465 e. The monoisotopic (exact) mass is 245 g/mol. The SMILES string of the molecule is C=C(C(=O)OC)C(=O)C1CC1c1ccc(C)cn1. The molecule has 1 fully saturated rings. The standard InChI is InChI=1S/C14H15NO3/c1-8-4-5-12(15-7-8)10-6-11(10)13(16)9(2)14(17)18-3/h4-5,7,10-11H,2,6H2,1,3H3. The number of pyridine rings is 1. The number of aromatic nitrogens is 1. The van der Waals surface area contributed by atoms with Crippen LogP contribution in [0.5, 0.6) is 0 Å². The van der Waals surface area contributed by atoms with E-state index < -0.39 is 5.97 Å². The van der Waals surface area contributed by atoms with E-state index in [1.807, 2.05) is 19.1 Å². The zero-order valence-corrected chi connectivity index (χ0v) is 10.5. The van der Waals surface area contributed by atoms with E-state index in [9.17, 15) is 9.59 Å². The minimum absolute atomic E-state index is 0.0721. The van der Waals surface area contributed by atoms with Crippen LogP contribution in [-0.4, -0.2) is 23.8 Å². The summed E-state index contributed by atoms with van der Waals surface area (Å²) in [5.74, 6) is -0.942. The van der Waals surface area contributed by atoms with Gasteiger partial charge in [0.15, 0.2) is 5.78 Å². The highest BCUT2D eigenvalue weighted by atomic mass is 16.5. The van der Waals surface area contributed by atoms with Crippen molar-refractivity contribution in [2.24, 2.45) is 5.92 Å². The second kappa shape index (κ2) is 4.72. The molecule has 0 N–H and O–H groups in total. The van der Waals surface area contributed by atoms with Crippen molar-refractivity contribution in [1.82, 2.24) is 4.98 Å². The lowest BCUT2D eigenvalue weighted by Crippen LogP contribution is -2.15. The highest BCUT2D eigenvalue weighted by Crippen LogP contribution is 2.48. The van der Waals surface area contributed by atoms with E-state index in [4.69, 9.17) is 0 Å². The lowest BCUT2D eigenvalue weighted by Gasteiger charge is -2.02. The topological polar surface area (TPSA) is 56.3 Å². The third kappa shape index (κ3) is 2.32. The number of carbonyl (C=O) groups excluding carboxylic acids is 2. The number of carbonyl (C=O) groups is 2. The number of methoxy groups -OCH3 is 1. The number of Topliss-reactive ketones (excluding diaryl/α,β-unsaturated/α-hetero) is 1. The molecule has 4 nitrogen and oxygen atoms in total. The molecule has 0 spiro atoms. The average molecular weight is 245 g/mol. The molecular formula is C14H15NO3. The fraction of sp³-hybridized carbons (Fsp3) is 0.357. The molecule has 1 heterocycles. The van der Waals surface area contributed by atoms with Crippen molar-refractivity contribution < 1.29 is 14.3 Å². The maximum atomic E-state index is 11.9. The van der Waals surface area contributed by atoms with Gasteiger partial charge in [0.05, 0.1) is 12.7 Å². The predicted molar refractivity (Wildman–Crippen MR) is 66.0 cm³/mol. The summed E-state index contributed by atoms with van der Waals surface area (Å²) in [6.45, 7) is 5.45. The number of rotatable bonds is 4. The number of esters is 1. The molecule has 2 rings (SSSR count). The maximum Gasteiger partial charge on any atom is 0.340 e. The Hall–Kier alpha value is -1.97. The molecule has 0 radical (unpaired) electrons. The van der Waals surface area contributed by atoms with Gasteiger partial charge in [0, 0.05) is 23.7 Å². The molecule has 0 amide bonds. The van der Waals surface area contributed by atoms with Crippen molar-refractivity contribution in [1.29, 1.82) is 0 Å². The van der Waals surface area contributed by atoms with E-state index in [0.29, 0.717) is 0 Å². The van der Waals surface area contributed by atoms with Crippen molar-refractivity contribution in [3.63, 3.8) is 0 Å². The van der Waals surface area contributed by atoms with Gasteiger partial charge in [-0.15, -0.1) is 0 Å². The summed E-state index contributed by atoms with van der Waals surface area (Å²) >= 11 is 0. The first-order valence-electron chi connectivity index (χ1n) is 5.78. The van der Waals surface area contributed by atoms with Gasteiger partial charge in [-0.25, -0.2) is 4.79 Å². The van der Waals surface area contributed by atoms with Crippen LogP contribution in [0.4, 0.5) is 0 Å². The molecule has 1 aromatic rings. The fourth-order valence-electron chi connectivity index (χ4n) is 1.96. The van der Waals surface area contributed by atoms with Gasteiger partial charge in [-0.05, 0) is 25.0 Å². The van der Waals surface area contributed by atoms with Gasteiger partial charge >= 0.3 is 5.97 Å². The van der Waals surface area contributed by atoms with Crippen LogP contribution in [0.2, 0.25) is 0 Å². The Balaban J connectivity index is 2.03. The summed E-state index contributed by atoms with van der Waals surface area (Å²) < 4.78 is 4.49. The second-order valence-corrected chi connectivity index (χ2v) is 4.54. The molecule has 1 aliphatic carbocycles. The summed E-state index contributed by atoms with van der Waals surface area (Å²) in [7, 11) is 1.24. The Bertz CT molecular complexity index is 504. The number of ketones is 1. The van der Waals surface area contributed by atoms with Gasteiger partial charge < -0.3 is 4.74 Å². The van der Waals surface area contributed by atoms with Gasteiger partial charge in [0.1, 0.15) is 0 Å². The van der Waals surface area contributed by atoms with Crippen LogP contribution in [-0.2, 0) is 14.3 Å². The summed E-state index contributed by atoms with van der Waals surface area (Å²) in [6.07, 6.45) is 2.51. The average Bonchev–Trinajstić information content (AvgIpc) is 3.17. The van der Waals surface area contributed by atoms with Gasteiger partial charge in [-0.3, -0.25) is 9.78 Å². The Morgan fingerprint density at radius 3 is 2.72 bits per heavy atom. The molecule has 1 saturated carbocycles. The minimum atomic E-state index is -0.650. The Morgan fingerprint density at radius 2 is 2.17 bits per heavy atom. The molecule has 2 atom stereocenters. The molecule has 1 aliphatic rings. The maximum absolute atomic E-state index is 11.9. The summed E-state index contributed by atoms with van der Waals surface area (Å²) in [6, 6.07) is 3.89. The minimum Gasteiger partial charge on any atom is -0.465 e. The van der Waals surface area contributed by atoms with E-state index in [1.165, 1.54) is 7.11 Å². The van der Waals surface area contributed by atoms with Gasteiger partial charge in [0.25, 0.3) is 0 Å². The first kappa shape index (κ1) is 12.5. The van der Waals surface area contributed by atoms with Crippen molar-refractivity contribution in [3.8, 4) is 0 Å². The zero-order valence-electron chi connectivity index (χ0n) is 10.5. The van der Waals surface area contributed by atoms with Crippen LogP contribution in [0.1, 0.15) is 23.6 Å². The lowest BCUT2D eigenvalue weighted by atomic mass is 10.1. The molecule has 0 bridgehead atoms. The second-order valence-electron chi connectivity index (χ2n) is 4.54. The van der Waals surface area contributed by atoms with E-state index >= 15 is 0 Å². The van der Waals surface area contributed by atoms with Crippen LogP contribution < -0.4 is 0 Å². The number of hydrogen-bond acceptors (Lipinski definition) is 4. The number of hydrogen-bond donors (Lipinski definition) is 0. The molecule has 1 aromatic heterocycles. The smallest absolute Gasteiger partial charge is 0.340 e. The summed E-state index contributed by atoms with van der Waals surface area (Å²) in [5.41, 5.74) is 1.91. The number of ether oxygens (including phenoxy) is 1. The molecule has 0 saturated heterocycles. The highest BCUT2D eigenvalue weighted by Gasteiger charge is 2.46. The molecule has 18 heavy (non-hydrogen) atoms. The van der Waals surface area contributed by atoms with Crippen LogP contribution >= 0.6 is 0 Å². The normalized spacial score (nSPS) is 21.2. The molecular weight excluding hydrogens is 230 g/mol. The third-order valence-corrected chi connectivity index (χ3v) is 3.17.